The van der Waals surface area contributed by atoms with E-state index < -0.39 is 11.9 Å². The average molecular weight is 194 g/mol. The van der Waals surface area contributed by atoms with Gasteiger partial charge >= 0.3 is 0 Å². The maximum atomic E-state index is 8.25. The van der Waals surface area contributed by atoms with Crippen LogP contribution in [0.25, 0.3) is 0 Å². The largest absolute Gasteiger partial charge is 0.473 e. The smallest absolute Gasteiger partial charge is 0.300 e. The van der Waals surface area contributed by atoms with Crippen LogP contribution in [0, 0.1) is 0 Å². The van der Waals surface area contributed by atoms with Crippen LogP contribution in [-0.2, 0) is 4.74 Å². The molecule has 0 fully saturated rings. The topological polar surface area (TPSA) is 131 Å². The molecule has 0 aromatic carbocycles. The second-order valence-corrected chi connectivity index (χ2v) is 2.12. The molecule has 0 atom stereocenters. The predicted molar refractivity (Wildman–Crippen MR) is 38.1 cm³/mol. The first-order valence-corrected chi connectivity index (χ1v) is 3.06. The van der Waals surface area contributed by atoms with Crippen molar-refractivity contribution in [3.05, 3.63) is 24.7 Å². The lowest BCUT2D eigenvalue weighted by Gasteiger charge is -2.07. The van der Waals surface area contributed by atoms with E-state index in [1.165, 1.54) is 0 Å². The lowest BCUT2D eigenvalue weighted by molar-refractivity contribution is -0.274. The summed E-state index contributed by atoms with van der Waals surface area (Å²) >= 11 is 0. The zero-order chi connectivity index (χ0) is 10.5. The van der Waals surface area contributed by atoms with Crippen molar-refractivity contribution >= 4 is 0 Å². The Balaban J connectivity index is 3.81. The third-order valence-electron chi connectivity index (χ3n) is 0.740. The molecule has 0 saturated carbocycles. The van der Waals surface area contributed by atoms with Gasteiger partial charge in [0.1, 0.15) is 0 Å². The minimum atomic E-state index is -3.00. The lowest BCUT2D eigenvalue weighted by Crippen LogP contribution is -2.23. The first-order valence-electron chi connectivity index (χ1n) is 3.06. The molecule has 0 bridgehead atoms. The summed E-state index contributed by atoms with van der Waals surface area (Å²) in [4.78, 5) is 0. The molecule has 0 aliphatic rings. The van der Waals surface area contributed by atoms with Crippen LogP contribution in [0.15, 0.2) is 24.7 Å². The van der Waals surface area contributed by atoms with Gasteiger partial charge in [-0.15, -0.1) is 0 Å². The fourth-order valence-electron chi connectivity index (χ4n) is 0.307. The highest BCUT2D eigenvalue weighted by atomic mass is 16.7. The van der Waals surface area contributed by atoms with Gasteiger partial charge in [-0.2, -0.15) is 0 Å². The van der Waals surface area contributed by atoms with Crippen LogP contribution >= 0.6 is 0 Å². The summed E-state index contributed by atoms with van der Waals surface area (Å²) in [7, 11) is 0. The first-order chi connectivity index (χ1) is 5.71. The van der Waals surface area contributed by atoms with Crippen molar-refractivity contribution in [3.8, 4) is 0 Å². The lowest BCUT2D eigenvalue weighted by atomic mass is 10.5. The van der Waals surface area contributed by atoms with Gasteiger partial charge in [0.05, 0.1) is 12.5 Å². The molecule has 76 valence electrons. The summed E-state index contributed by atoms with van der Waals surface area (Å²) in [6, 6.07) is 0. The Morgan fingerprint density at radius 2 is 1.00 bits per heavy atom. The number of hydrogen-bond donors (Lipinski definition) is 6. The minimum absolute atomic E-state index is 0.463. The second kappa shape index (κ2) is 4.33. The maximum absolute atomic E-state index is 8.25. The molecule has 7 nitrogen and oxygen atoms in total. The zero-order valence-corrected chi connectivity index (χ0v) is 6.40. The van der Waals surface area contributed by atoms with Gasteiger partial charge in [0.15, 0.2) is 0 Å². The van der Waals surface area contributed by atoms with Gasteiger partial charge in [0.25, 0.3) is 11.9 Å². The van der Waals surface area contributed by atoms with Crippen molar-refractivity contribution in [2.75, 3.05) is 0 Å². The van der Waals surface area contributed by atoms with Gasteiger partial charge < -0.3 is 35.4 Å². The van der Waals surface area contributed by atoms with Crippen LogP contribution in [0.4, 0.5) is 0 Å². The van der Waals surface area contributed by atoms with Gasteiger partial charge in [0.2, 0.25) is 0 Å². The quantitative estimate of drug-likeness (QED) is 0.212. The SMILES string of the molecule is OC(O)(O)C=COC=CC(O)(O)O. The molecule has 0 radical (unpaired) electrons. The number of hydrogen-bond acceptors (Lipinski definition) is 7. The van der Waals surface area contributed by atoms with Crippen molar-refractivity contribution in [2.45, 2.75) is 11.9 Å². The van der Waals surface area contributed by atoms with Crippen LogP contribution in [0.2, 0.25) is 0 Å². The van der Waals surface area contributed by atoms with Crippen LogP contribution in [0.1, 0.15) is 0 Å². The standard InChI is InChI=1S/C6H10O7/c7-5(8,9)1-3-13-4-2-6(10,11)12/h1-4,7-12H. The normalized spacial score (nSPS) is 14.3. The fourth-order valence-corrected chi connectivity index (χ4v) is 0.307. The van der Waals surface area contributed by atoms with Crippen molar-refractivity contribution < 1.29 is 35.4 Å². The van der Waals surface area contributed by atoms with E-state index in [2.05, 4.69) is 4.74 Å². The molecule has 0 amide bonds. The highest BCUT2D eigenvalue weighted by molar-refractivity contribution is 4.86. The Hall–Kier alpha value is -0.960. The van der Waals surface area contributed by atoms with Gasteiger partial charge in [-0.25, -0.2) is 0 Å². The molecule has 7 heteroatoms. The molecule has 0 aromatic rings. The van der Waals surface area contributed by atoms with Gasteiger partial charge in [-0.05, 0) is 0 Å². The Morgan fingerprint density at radius 3 is 1.23 bits per heavy atom. The Morgan fingerprint density at radius 1 is 0.692 bits per heavy atom. The van der Waals surface area contributed by atoms with Crippen molar-refractivity contribution in [1.82, 2.24) is 0 Å². The summed E-state index contributed by atoms with van der Waals surface area (Å²) in [6.45, 7) is 0. The molecule has 0 saturated heterocycles. The van der Waals surface area contributed by atoms with Crippen molar-refractivity contribution in [1.29, 1.82) is 0 Å². The van der Waals surface area contributed by atoms with Gasteiger partial charge in [0, 0.05) is 12.2 Å². The Bertz CT molecular complexity index is 172. The summed E-state index contributed by atoms with van der Waals surface area (Å²) in [5.74, 6) is -5.99. The first kappa shape index (κ1) is 12.0. The van der Waals surface area contributed by atoms with E-state index in [0.717, 1.165) is 0 Å². The van der Waals surface area contributed by atoms with E-state index >= 15 is 0 Å². The van der Waals surface area contributed by atoms with E-state index in [4.69, 9.17) is 30.6 Å². The van der Waals surface area contributed by atoms with E-state index in [1.807, 2.05) is 0 Å². The molecule has 0 spiro atoms. The molecule has 0 aromatic heterocycles. The maximum Gasteiger partial charge on any atom is 0.300 e. The molecule has 0 aliphatic heterocycles. The minimum Gasteiger partial charge on any atom is -0.473 e. The van der Waals surface area contributed by atoms with Gasteiger partial charge in [-0.1, -0.05) is 0 Å². The highest BCUT2D eigenvalue weighted by Gasteiger charge is 2.12. The molecule has 0 aliphatic carbocycles. The molecular formula is C6H10O7. The molecule has 0 heterocycles. The van der Waals surface area contributed by atoms with Crippen LogP contribution < -0.4 is 0 Å². The number of rotatable bonds is 4. The molecule has 6 N–H and O–H groups in total. The van der Waals surface area contributed by atoms with E-state index in [0.29, 0.717) is 24.7 Å². The molecule has 0 rings (SSSR count). The third-order valence-corrected chi connectivity index (χ3v) is 0.740. The summed E-state index contributed by atoms with van der Waals surface area (Å²) < 4.78 is 4.26. The summed E-state index contributed by atoms with van der Waals surface area (Å²) in [5, 5.41) is 49.5. The number of ether oxygens (including phenoxy) is 1. The molecule has 13 heavy (non-hydrogen) atoms. The zero-order valence-electron chi connectivity index (χ0n) is 6.40. The summed E-state index contributed by atoms with van der Waals surface area (Å²) in [6.07, 6.45) is 2.24. The number of aliphatic hydroxyl groups is 6. The average Bonchev–Trinajstić information content (AvgIpc) is 1.81. The Labute approximate surface area is 73.1 Å². The van der Waals surface area contributed by atoms with Crippen LogP contribution in [-0.4, -0.2) is 42.6 Å². The van der Waals surface area contributed by atoms with Gasteiger partial charge in [-0.3, -0.25) is 0 Å². The monoisotopic (exact) mass is 194 g/mol. The highest BCUT2D eigenvalue weighted by Crippen LogP contribution is 1.97. The van der Waals surface area contributed by atoms with Crippen LogP contribution in [0.5, 0.6) is 0 Å². The predicted octanol–water partition coefficient (Wildman–Crippen LogP) is -2.71. The van der Waals surface area contributed by atoms with E-state index in [-0.39, 0.29) is 0 Å². The summed E-state index contributed by atoms with van der Waals surface area (Å²) in [5.41, 5.74) is 0. The van der Waals surface area contributed by atoms with E-state index in [1.54, 1.807) is 0 Å². The molecule has 0 unspecified atom stereocenters. The van der Waals surface area contributed by atoms with Crippen molar-refractivity contribution in [2.24, 2.45) is 0 Å². The Kier molecular flexibility index (Phi) is 4.01. The fraction of sp³-hybridized carbons (Fsp3) is 0.333. The third kappa shape index (κ3) is 11.0. The molecular weight excluding hydrogens is 184 g/mol. The van der Waals surface area contributed by atoms with E-state index in [9.17, 15) is 0 Å². The van der Waals surface area contributed by atoms with Crippen LogP contribution in [0.3, 0.4) is 0 Å². The van der Waals surface area contributed by atoms with Crippen molar-refractivity contribution in [3.63, 3.8) is 0 Å². The second-order valence-electron chi connectivity index (χ2n) is 2.12.